The standard InChI is InChI=1S/C33H44B2F5N3O13/c1-2-53-9-11-55-19-28(44)41-7-8-54-10-12-56-20-29(45)43-27(31(47)48)5-3-4-6-42-30(46)21-13-22(16-25(14-21)34(49)50)32(36,37)23-15-24(33(38,39)40)18-26(17-23)35(51)52/h13-18,27,49-52H,2-12,19-20H2,1H3,(H,41,44)(H,42,46)(H,43,45)(H,47,48). The Kier molecular flexibility index (Phi) is 20.3. The van der Waals surface area contributed by atoms with Crippen molar-refractivity contribution in [2.45, 2.75) is 44.3 Å². The second-order valence-electron chi connectivity index (χ2n) is 12.0. The summed E-state index contributed by atoms with van der Waals surface area (Å²) in [6.45, 7) is 2.80. The maximum atomic E-state index is 15.7. The van der Waals surface area contributed by atoms with Gasteiger partial charge in [-0.15, -0.1) is 0 Å². The molecule has 0 heterocycles. The van der Waals surface area contributed by atoms with E-state index < -0.39 is 89.9 Å². The smallest absolute Gasteiger partial charge is 0.480 e. The molecule has 23 heteroatoms. The van der Waals surface area contributed by atoms with E-state index in [1.807, 2.05) is 6.92 Å². The van der Waals surface area contributed by atoms with Crippen LogP contribution >= 0.6 is 0 Å². The lowest BCUT2D eigenvalue weighted by molar-refractivity contribution is -0.142. The highest BCUT2D eigenvalue weighted by Crippen LogP contribution is 2.38. The third kappa shape index (κ3) is 16.9. The highest BCUT2D eigenvalue weighted by molar-refractivity contribution is 6.59. The number of rotatable bonds is 26. The van der Waals surface area contributed by atoms with Gasteiger partial charge in [-0.25, -0.2) is 4.79 Å². The normalized spacial score (nSPS) is 12.2. The van der Waals surface area contributed by atoms with Crippen molar-refractivity contribution < 1.29 is 85.3 Å². The Balaban J connectivity index is 1.84. The van der Waals surface area contributed by atoms with Crippen LogP contribution in [0.2, 0.25) is 0 Å². The van der Waals surface area contributed by atoms with Crippen molar-refractivity contribution in [1.29, 1.82) is 0 Å². The summed E-state index contributed by atoms with van der Waals surface area (Å²) in [4.78, 5) is 48.4. The molecule has 0 bridgehead atoms. The number of carboxylic acid groups (broad SMARTS) is 1. The first kappa shape index (κ1) is 47.9. The second kappa shape index (κ2) is 23.8. The largest absolute Gasteiger partial charge is 0.488 e. The number of carbonyl (C=O) groups excluding carboxylic acids is 3. The summed E-state index contributed by atoms with van der Waals surface area (Å²) in [5, 5.41) is 54.9. The van der Waals surface area contributed by atoms with Gasteiger partial charge in [0, 0.05) is 36.4 Å². The Morgan fingerprint density at radius 1 is 0.679 bits per heavy atom. The Bertz CT molecular complexity index is 1590. The van der Waals surface area contributed by atoms with Gasteiger partial charge in [-0.3, -0.25) is 14.4 Å². The number of aliphatic carboxylic acids is 1. The summed E-state index contributed by atoms with van der Waals surface area (Å²) < 4.78 is 92.2. The lowest BCUT2D eigenvalue weighted by atomic mass is 9.76. The van der Waals surface area contributed by atoms with Crippen LogP contribution < -0.4 is 26.9 Å². The average molecular weight is 807 g/mol. The first-order valence-corrected chi connectivity index (χ1v) is 17.2. The van der Waals surface area contributed by atoms with Crippen molar-refractivity contribution in [3.05, 3.63) is 58.7 Å². The van der Waals surface area contributed by atoms with Crippen molar-refractivity contribution in [2.24, 2.45) is 0 Å². The second-order valence-corrected chi connectivity index (χ2v) is 12.0. The molecule has 310 valence electrons. The number of unbranched alkanes of at least 4 members (excludes halogenated alkanes) is 1. The minimum Gasteiger partial charge on any atom is -0.480 e. The Hall–Kier alpha value is -4.22. The Morgan fingerprint density at radius 2 is 1.23 bits per heavy atom. The van der Waals surface area contributed by atoms with Crippen molar-refractivity contribution in [2.75, 3.05) is 65.9 Å². The number of hydrogen-bond acceptors (Lipinski definition) is 12. The van der Waals surface area contributed by atoms with E-state index in [0.717, 1.165) is 6.07 Å². The molecule has 1 unspecified atom stereocenters. The highest BCUT2D eigenvalue weighted by atomic mass is 19.4. The van der Waals surface area contributed by atoms with Crippen LogP contribution in [-0.4, -0.2) is 135 Å². The van der Waals surface area contributed by atoms with Crippen LogP contribution in [0.1, 0.15) is 53.2 Å². The predicted molar refractivity (Wildman–Crippen MR) is 188 cm³/mol. The van der Waals surface area contributed by atoms with Gasteiger partial charge in [0.15, 0.2) is 0 Å². The number of halogens is 5. The predicted octanol–water partition coefficient (Wildman–Crippen LogP) is -1.12. The third-order valence-corrected chi connectivity index (χ3v) is 7.64. The van der Waals surface area contributed by atoms with Crippen LogP contribution in [0.25, 0.3) is 0 Å². The lowest BCUT2D eigenvalue weighted by Gasteiger charge is -2.22. The Labute approximate surface area is 318 Å². The summed E-state index contributed by atoms with van der Waals surface area (Å²) in [5.41, 5.74) is -6.06. The number of benzene rings is 2. The van der Waals surface area contributed by atoms with Crippen LogP contribution in [0.4, 0.5) is 22.0 Å². The first-order valence-electron chi connectivity index (χ1n) is 17.2. The molecule has 16 nitrogen and oxygen atoms in total. The Morgan fingerprint density at radius 3 is 1.82 bits per heavy atom. The van der Waals surface area contributed by atoms with Gasteiger partial charge in [0.05, 0.1) is 38.6 Å². The van der Waals surface area contributed by atoms with Crippen molar-refractivity contribution in [3.8, 4) is 0 Å². The summed E-state index contributed by atoms with van der Waals surface area (Å²) in [7, 11) is -4.91. The van der Waals surface area contributed by atoms with Gasteiger partial charge in [0.1, 0.15) is 19.3 Å². The van der Waals surface area contributed by atoms with E-state index in [9.17, 15) is 57.6 Å². The van der Waals surface area contributed by atoms with Crippen molar-refractivity contribution >= 4 is 48.9 Å². The van der Waals surface area contributed by atoms with E-state index in [4.69, 9.17) is 18.9 Å². The van der Waals surface area contributed by atoms with E-state index in [2.05, 4.69) is 16.0 Å². The molecule has 0 aliphatic heterocycles. The molecule has 0 saturated heterocycles. The first-order chi connectivity index (χ1) is 26.4. The highest BCUT2D eigenvalue weighted by Gasteiger charge is 2.40. The molecule has 0 fully saturated rings. The fourth-order valence-corrected chi connectivity index (χ4v) is 4.82. The molecular weight excluding hydrogens is 763 g/mol. The fraction of sp³-hybridized carbons (Fsp3) is 0.515. The number of ether oxygens (including phenoxy) is 4. The summed E-state index contributed by atoms with van der Waals surface area (Å²) in [5.74, 6) is -7.70. The number of carbonyl (C=O) groups is 4. The van der Waals surface area contributed by atoms with Crippen LogP contribution in [0.15, 0.2) is 36.4 Å². The lowest BCUT2D eigenvalue weighted by Crippen LogP contribution is -2.42. The van der Waals surface area contributed by atoms with Gasteiger partial charge in [-0.1, -0.05) is 18.2 Å². The van der Waals surface area contributed by atoms with Gasteiger partial charge in [-0.2, -0.15) is 22.0 Å². The SMILES string of the molecule is CCOCCOCC(=O)NCCOCCOCC(=O)NC(CCCCNC(=O)c1cc(B(O)O)cc(C(F)(F)c2cc(B(O)O)cc(C(F)(F)F)c2)c1)C(=O)O. The zero-order valence-electron chi connectivity index (χ0n) is 30.3. The van der Waals surface area contributed by atoms with E-state index in [1.54, 1.807) is 0 Å². The maximum Gasteiger partial charge on any atom is 0.488 e. The topological polar surface area (TPSA) is 242 Å². The molecule has 2 aromatic carbocycles. The number of alkyl halides is 5. The summed E-state index contributed by atoms with van der Waals surface area (Å²) >= 11 is 0. The molecule has 56 heavy (non-hydrogen) atoms. The molecule has 0 saturated carbocycles. The van der Waals surface area contributed by atoms with Crippen LogP contribution in [-0.2, 0) is 45.4 Å². The number of nitrogens with one attached hydrogen (secondary N) is 3. The number of carboxylic acids is 1. The van der Waals surface area contributed by atoms with Gasteiger partial charge < -0.3 is 60.1 Å². The van der Waals surface area contributed by atoms with Crippen molar-refractivity contribution in [1.82, 2.24) is 16.0 Å². The van der Waals surface area contributed by atoms with E-state index in [1.165, 1.54) is 0 Å². The molecule has 2 aromatic rings. The minimum absolute atomic E-state index is 0.00132. The molecule has 0 aliphatic carbocycles. The molecule has 8 N–H and O–H groups in total. The molecular formula is C33H44B2F5N3O13. The summed E-state index contributed by atoms with van der Waals surface area (Å²) in [6, 6.07) is 1.51. The minimum atomic E-state index is -5.14. The van der Waals surface area contributed by atoms with E-state index >= 15 is 8.78 Å². The zero-order valence-corrected chi connectivity index (χ0v) is 30.3. The fourth-order valence-electron chi connectivity index (χ4n) is 4.82. The molecule has 1 atom stereocenters. The van der Waals surface area contributed by atoms with Gasteiger partial charge in [0.2, 0.25) is 11.8 Å². The zero-order chi connectivity index (χ0) is 41.9. The average Bonchev–Trinajstić information content (AvgIpc) is 3.14. The molecule has 3 amide bonds. The molecule has 0 spiro atoms. The van der Waals surface area contributed by atoms with Gasteiger partial charge >= 0.3 is 26.4 Å². The molecule has 0 aliphatic rings. The summed E-state index contributed by atoms with van der Waals surface area (Å²) in [6.07, 6.45) is -4.93. The van der Waals surface area contributed by atoms with Crippen molar-refractivity contribution in [3.63, 3.8) is 0 Å². The molecule has 2 rings (SSSR count). The van der Waals surface area contributed by atoms with Gasteiger partial charge in [0.25, 0.3) is 11.8 Å². The molecule has 0 radical (unpaired) electrons. The maximum absolute atomic E-state index is 15.7. The van der Waals surface area contributed by atoms with Crippen LogP contribution in [0.3, 0.4) is 0 Å². The third-order valence-electron chi connectivity index (χ3n) is 7.64. The van der Waals surface area contributed by atoms with E-state index in [-0.39, 0.29) is 83.4 Å². The van der Waals surface area contributed by atoms with Crippen LogP contribution in [0.5, 0.6) is 0 Å². The molecule has 0 aromatic heterocycles. The van der Waals surface area contributed by atoms with Gasteiger partial charge in [-0.05, 0) is 55.3 Å². The number of amides is 3. The number of hydrogen-bond donors (Lipinski definition) is 8. The monoisotopic (exact) mass is 807 g/mol. The quantitative estimate of drug-likeness (QED) is 0.0320. The van der Waals surface area contributed by atoms with Crippen LogP contribution in [0, 0.1) is 0 Å². The van der Waals surface area contributed by atoms with E-state index in [0.29, 0.717) is 31.4 Å².